The van der Waals surface area contributed by atoms with Gasteiger partial charge in [0.2, 0.25) is 0 Å². The first-order valence-corrected chi connectivity index (χ1v) is 13.1. The maximum Gasteiger partial charge on any atom is 0.399 e. The van der Waals surface area contributed by atoms with Gasteiger partial charge in [0.05, 0.1) is 11.8 Å². The molecular weight excluding hydrogens is 542 g/mol. The Hall–Kier alpha value is -4.25. The summed E-state index contributed by atoms with van der Waals surface area (Å²) in [6.45, 7) is -0.667. The molecule has 1 aliphatic heterocycles. The lowest BCUT2D eigenvalue weighted by Gasteiger charge is -2.20. The number of nitrogens with one attached hydrogen (secondary N) is 1. The molecule has 0 bridgehead atoms. The number of fused-ring (bicyclic) bond motifs is 2. The van der Waals surface area contributed by atoms with Gasteiger partial charge in [-0.3, -0.25) is 9.78 Å². The largest absolute Gasteiger partial charge is 0.490 e. The number of ether oxygens (including phenoxy) is 3. The molecule has 0 radical (unpaired) electrons. The van der Waals surface area contributed by atoms with E-state index in [1.165, 1.54) is 37.4 Å². The molecule has 2 atom stereocenters. The van der Waals surface area contributed by atoms with Crippen molar-refractivity contribution in [2.45, 2.75) is 37.1 Å². The van der Waals surface area contributed by atoms with Gasteiger partial charge in [0.1, 0.15) is 47.2 Å². The number of hydrogen-bond acceptors (Lipinski definition) is 6. The number of carbonyl (C=O) groups is 1. The van der Waals surface area contributed by atoms with E-state index in [-0.39, 0.29) is 35.3 Å². The Bertz CT molecular complexity index is 1610. The van der Waals surface area contributed by atoms with E-state index in [0.717, 1.165) is 18.2 Å². The van der Waals surface area contributed by atoms with E-state index < -0.39 is 36.5 Å². The molecule has 3 heterocycles. The summed E-state index contributed by atoms with van der Waals surface area (Å²) < 4.78 is 72.2. The first-order chi connectivity index (χ1) is 19.7. The molecule has 4 aromatic rings. The molecule has 1 N–H and O–H groups in total. The minimum Gasteiger partial charge on any atom is -0.490 e. The van der Waals surface area contributed by atoms with Crippen LogP contribution in [0.4, 0.5) is 17.6 Å². The molecule has 0 spiro atoms. The molecule has 41 heavy (non-hydrogen) atoms. The Labute approximate surface area is 232 Å². The molecule has 2 aliphatic rings. The molecule has 1 aliphatic carbocycles. The molecule has 6 rings (SSSR count). The van der Waals surface area contributed by atoms with Gasteiger partial charge >= 0.3 is 6.18 Å². The van der Waals surface area contributed by atoms with E-state index in [9.17, 15) is 22.4 Å². The Morgan fingerprint density at radius 3 is 2.63 bits per heavy atom. The molecule has 1 saturated carbocycles. The van der Waals surface area contributed by atoms with Crippen molar-refractivity contribution >= 4 is 16.8 Å². The lowest BCUT2D eigenvalue weighted by Crippen LogP contribution is -2.30. The summed E-state index contributed by atoms with van der Waals surface area (Å²) in [5.74, 6) is -2.27. The summed E-state index contributed by atoms with van der Waals surface area (Å²) in [7, 11) is 1.38. The maximum atomic E-state index is 13.9. The fourth-order valence-corrected chi connectivity index (χ4v) is 4.82. The Balaban J connectivity index is 1.30. The molecule has 1 amide bonds. The molecule has 212 valence electrons. The lowest BCUT2D eigenvalue weighted by molar-refractivity contribution is -0.151. The zero-order chi connectivity index (χ0) is 28.7. The number of halogens is 4. The van der Waals surface area contributed by atoms with Crippen molar-refractivity contribution in [1.82, 2.24) is 15.3 Å². The normalized spacial score (nSPS) is 17.1. The predicted molar refractivity (Wildman–Crippen MR) is 141 cm³/mol. The number of alkyl halides is 3. The van der Waals surface area contributed by atoms with Crippen LogP contribution in [0.3, 0.4) is 0 Å². The number of benzene rings is 2. The third-order valence-electron chi connectivity index (χ3n) is 7.12. The second kappa shape index (κ2) is 10.6. The predicted octanol–water partition coefficient (Wildman–Crippen LogP) is 6.13. The SMILES string of the molecule is COC(CNC(=O)c1cc(OC2CC2)c2ncccc2c1)c1cc2c(c(-c3ccc(F)cc3)n1)OC[C@H]2C(F)(F)F. The van der Waals surface area contributed by atoms with Gasteiger partial charge in [0.15, 0.2) is 0 Å². The zero-order valence-electron chi connectivity index (χ0n) is 21.9. The van der Waals surface area contributed by atoms with E-state index in [1.54, 1.807) is 24.4 Å². The average molecular weight is 568 g/mol. The van der Waals surface area contributed by atoms with Gasteiger partial charge < -0.3 is 19.5 Å². The second-order valence-electron chi connectivity index (χ2n) is 10.0. The maximum absolute atomic E-state index is 13.9. The van der Waals surface area contributed by atoms with Gasteiger partial charge in [-0.15, -0.1) is 0 Å². The molecular formula is C30H25F4N3O4. The molecule has 7 nitrogen and oxygen atoms in total. The Morgan fingerprint density at radius 2 is 1.93 bits per heavy atom. The van der Waals surface area contributed by atoms with Crippen LogP contribution in [-0.2, 0) is 4.74 Å². The highest BCUT2D eigenvalue weighted by Crippen LogP contribution is 2.48. The first kappa shape index (κ1) is 26.9. The standard InChI is InChI=1S/C30H25F4N3O4/c1-39-25(14-36-29(38)18-11-17-3-2-10-35-26(17)24(12-18)41-20-8-9-20)23-13-21-22(30(32,33)34)15-40-28(21)27(37-23)16-4-6-19(31)7-5-16/h2-7,10-13,20,22,25H,8-9,14-15H2,1H3,(H,36,38)/t22-,25?/m1/s1. The number of rotatable bonds is 8. The van der Waals surface area contributed by atoms with Gasteiger partial charge in [0.25, 0.3) is 5.91 Å². The number of carbonyl (C=O) groups excluding carboxylic acids is 1. The number of hydrogen-bond donors (Lipinski definition) is 1. The average Bonchev–Trinajstić information content (AvgIpc) is 3.66. The van der Waals surface area contributed by atoms with Crippen LogP contribution in [0.5, 0.6) is 11.5 Å². The van der Waals surface area contributed by atoms with Crippen LogP contribution in [0.25, 0.3) is 22.2 Å². The van der Waals surface area contributed by atoms with E-state index in [4.69, 9.17) is 14.2 Å². The first-order valence-electron chi connectivity index (χ1n) is 13.1. The van der Waals surface area contributed by atoms with E-state index in [1.807, 2.05) is 6.07 Å². The zero-order valence-corrected chi connectivity index (χ0v) is 21.9. The van der Waals surface area contributed by atoms with Gasteiger partial charge in [-0.25, -0.2) is 9.37 Å². The van der Waals surface area contributed by atoms with Crippen LogP contribution in [0.15, 0.2) is 60.8 Å². The minimum absolute atomic E-state index is 0.00506. The van der Waals surface area contributed by atoms with Crippen molar-refractivity contribution in [3.05, 3.63) is 83.4 Å². The minimum atomic E-state index is -4.55. The van der Waals surface area contributed by atoms with Crippen molar-refractivity contribution in [2.24, 2.45) is 0 Å². The summed E-state index contributed by atoms with van der Waals surface area (Å²) in [5, 5.41) is 3.54. The third kappa shape index (κ3) is 5.54. The van der Waals surface area contributed by atoms with E-state index in [2.05, 4.69) is 15.3 Å². The summed E-state index contributed by atoms with van der Waals surface area (Å²) in [6.07, 6.45) is -1.80. The third-order valence-corrected chi connectivity index (χ3v) is 7.12. The highest BCUT2D eigenvalue weighted by Gasteiger charge is 2.47. The Kier molecular flexibility index (Phi) is 6.98. The van der Waals surface area contributed by atoms with Crippen LogP contribution in [0, 0.1) is 5.82 Å². The summed E-state index contributed by atoms with van der Waals surface area (Å²) in [6, 6.07) is 13.5. The second-order valence-corrected chi connectivity index (χ2v) is 10.0. The monoisotopic (exact) mass is 567 g/mol. The van der Waals surface area contributed by atoms with Crippen LogP contribution in [0.2, 0.25) is 0 Å². The highest BCUT2D eigenvalue weighted by molar-refractivity contribution is 5.99. The number of pyridine rings is 2. The van der Waals surface area contributed by atoms with Gasteiger partial charge in [-0.2, -0.15) is 13.2 Å². The van der Waals surface area contributed by atoms with Crippen molar-refractivity contribution in [3.8, 4) is 22.8 Å². The highest BCUT2D eigenvalue weighted by atomic mass is 19.4. The van der Waals surface area contributed by atoms with Gasteiger partial charge in [-0.1, -0.05) is 6.07 Å². The summed E-state index contributed by atoms with van der Waals surface area (Å²) in [4.78, 5) is 22.2. The van der Waals surface area contributed by atoms with Crippen molar-refractivity contribution in [3.63, 3.8) is 0 Å². The quantitative estimate of drug-likeness (QED) is 0.258. The summed E-state index contributed by atoms with van der Waals surface area (Å²) >= 11 is 0. The van der Waals surface area contributed by atoms with E-state index >= 15 is 0 Å². The molecule has 0 saturated heterocycles. The molecule has 2 aromatic heterocycles. The number of aromatic nitrogens is 2. The fraction of sp³-hybridized carbons (Fsp3) is 0.300. The van der Waals surface area contributed by atoms with Crippen LogP contribution in [-0.4, -0.2) is 48.4 Å². The lowest BCUT2D eigenvalue weighted by atomic mass is 9.97. The number of methoxy groups -OCH3 is 1. The van der Waals surface area contributed by atoms with Crippen LogP contribution >= 0.6 is 0 Å². The van der Waals surface area contributed by atoms with Crippen molar-refractivity contribution in [2.75, 3.05) is 20.3 Å². The topological polar surface area (TPSA) is 82.6 Å². The summed E-state index contributed by atoms with van der Waals surface area (Å²) in [5.41, 5.74) is 1.61. The number of nitrogens with zero attached hydrogens (tertiary/aromatic N) is 2. The smallest absolute Gasteiger partial charge is 0.399 e. The fourth-order valence-electron chi connectivity index (χ4n) is 4.82. The van der Waals surface area contributed by atoms with Crippen LogP contribution in [0.1, 0.15) is 46.5 Å². The molecule has 1 unspecified atom stereocenters. The Morgan fingerprint density at radius 1 is 1.15 bits per heavy atom. The van der Waals surface area contributed by atoms with Crippen LogP contribution < -0.4 is 14.8 Å². The van der Waals surface area contributed by atoms with Crippen molar-refractivity contribution in [1.29, 1.82) is 0 Å². The number of amides is 1. The van der Waals surface area contributed by atoms with Gasteiger partial charge in [0, 0.05) is 41.9 Å². The molecule has 11 heteroatoms. The van der Waals surface area contributed by atoms with Gasteiger partial charge in [-0.05, 0) is 61.4 Å². The molecule has 1 fully saturated rings. The van der Waals surface area contributed by atoms with Crippen molar-refractivity contribution < 1.29 is 36.6 Å². The van der Waals surface area contributed by atoms with E-state index in [0.29, 0.717) is 22.4 Å². The molecule has 2 aromatic carbocycles.